The van der Waals surface area contributed by atoms with Crippen LogP contribution in [0.25, 0.3) is 0 Å². The van der Waals surface area contributed by atoms with Gasteiger partial charge in [-0.05, 0) is 17.7 Å². The number of carbonyl (C=O) groups is 1. The molecule has 2 rings (SSSR count). The van der Waals surface area contributed by atoms with Crippen molar-refractivity contribution in [2.75, 3.05) is 7.11 Å². The van der Waals surface area contributed by atoms with Crippen molar-refractivity contribution in [3.8, 4) is 0 Å². The zero-order valence-corrected chi connectivity index (χ0v) is 10.2. The molecule has 1 aliphatic heterocycles. The van der Waals surface area contributed by atoms with Gasteiger partial charge < -0.3 is 9.47 Å². The SMILES string of the molecule is COC(=O)[C@@H]1N=CO[C@H]1c1ccc(Br)cc1. The van der Waals surface area contributed by atoms with Crippen LogP contribution in [0.4, 0.5) is 0 Å². The van der Waals surface area contributed by atoms with Crippen molar-refractivity contribution in [3.63, 3.8) is 0 Å². The normalized spacial score (nSPS) is 22.9. The van der Waals surface area contributed by atoms with E-state index in [-0.39, 0.29) is 12.1 Å². The smallest absolute Gasteiger partial charge is 0.334 e. The molecule has 0 fully saturated rings. The molecule has 0 bridgehead atoms. The van der Waals surface area contributed by atoms with Crippen molar-refractivity contribution >= 4 is 28.3 Å². The number of hydrogen-bond donors (Lipinski definition) is 0. The Morgan fingerprint density at radius 2 is 2.12 bits per heavy atom. The molecule has 0 unspecified atom stereocenters. The van der Waals surface area contributed by atoms with Gasteiger partial charge in [-0.3, -0.25) is 0 Å². The monoisotopic (exact) mass is 283 g/mol. The predicted octanol–water partition coefficient (Wildman–Crippen LogP) is 2.09. The summed E-state index contributed by atoms with van der Waals surface area (Å²) in [6, 6.07) is 6.96. The fourth-order valence-corrected chi connectivity index (χ4v) is 1.80. The number of benzene rings is 1. The van der Waals surface area contributed by atoms with E-state index in [1.54, 1.807) is 0 Å². The Morgan fingerprint density at radius 1 is 1.44 bits per heavy atom. The first-order valence-corrected chi connectivity index (χ1v) is 5.52. The van der Waals surface area contributed by atoms with Gasteiger partial charge in [-0.1, -0.05) is 28.1 Å². The highest BCUT2D eigenvalue weighted by Crippen LogP contribution is 2.28. The summed E-state index contributed by atoms with van der Waals surface area (Å²) in [5, 5.41) is 0. The van der Waals surface area contributed by atoms with Gasteiger partial charge in [0, 0.05) is 4.47 Å². The van der Waals surface area contributed by atoms with E-state index in [1.165, 1.54) is 13.5 Å². The molecule has 5 heteroatoms. The molecule has 16 heavy (non-hydrogen) atoms. The van der Waals surface area contributed by atoms with Crippen LogP contribution in [-0.4, -0.2) is 25.5 Å². The molecular weight excluding hydrogens is 274 g/mol. The summed E-state index contributed by atoms with van der Waals surface area (Å²) in [7, 11) is 1.34. The fraction of sp³-hybridized carbons (Fsp3) is 0.273. The number of methoxy groups -OCH3 is 1. The van der Waals surface area contributed by atoms with Crippen LogP contribution in [0.2, 0.25) is 0 Å². The molecule has 0 N–H and O–H groups in total. The van der Waals surface area contributed by atoms with Crippen LogP contribution < -0.4 is 0 Å². The second-order valence-electron chi connectivity index (χ2n) is 3.33. The van der Waals surface area contributed by atoms with Crippen LogP contribution in [0.1, 0.15) is 11.7 Å². The molecule has 1 aromatic carbocycles. The number of nitrogens with zero attached hydrogens (tertiary/aromatic N) is 1. The van der Waals surface area contributed by atoms with Crippen LogP contribution >= 0.6 is 15.9 Å². The van der Waals surface area contributed by atoms with E-state index < -0.39 is 6.04 Å². The molecule has 84 valence electrons. The Hall–Kier alpha value is -1.36. The summed E-state index contributed by atoms with van der Waals surface area (Å²) >= 11 is 3.35. The lowest BCUT2D eigenvalue weighted by molar-refractivity contribution is -0.143. The highest BCUT2D eigenvalue weighted by Gasteiger charge is 2.34. The molecule has 1 aromatic rings. The second kappa shape index (κ2) is 4.65. The summed E-state index contributed by atoms with van der Waals surface area (Å²) in [6.07, 6.45) is 0.912. The van der Waals surface area contributed by atoms with E-state index >= 15 is 0 Å². The lowest BCUT2D eigenvalue weighted by Gasteiger charge is -2.15. The maximum Gasteiger partial charge on any atom is 0.334 e. The first-order valence-electron chi connectivity index (χ1n) is 4.73. The van der Waals surface area contributed by atoms with Crippen LogP contribution in [0.3, 0.4) is 0 Å². The van der Waals surface area contributed by atoms with Crippen LogP contribution in [0, 0.1) is 0 Å². The van der Waals surface area contributed by atoms with Crippen molar-refractivity contribution < 1.29 is 14.3 Å². The summed E-state index contributed by atoms with van der Waals surface area (Å²) in [6.45, 7) is 0. The number of rotatable bonds is 2. The zero-order chi connectivity index (χ0) is 11.5. The molecule has 4 nitrogen and oxygen atoms in total. The topological polar surface area (TPSA) is 47.9 Å². The highest BCUT2D eigenvalue weighted by molar-refractivity contribution is 9.10. The zero-order valence-electron chi connectivity index (χ0n) is 8.59. The molecule has 0 saturated heterocycles. The Labute approximate surface area is 101 Å². The van der Waals surface area contributed by atoms with Crippen LogP contribution in [-0.2, 0) is 14.3 Å². The summed E-state index contributed by atoms with van der Waals surface area (Å²) < 4.78 is 11.0. The van der Waals surface area contributed by atoms with Crippen molar-refractivity contribution in [2.45, 2.75) is 12.1 Å². The number of aliphatic imine (C=N–C) groups is 1. The van der Waals surface area contributed by atoms with Gasteiger partial charge in [0.05, 0.1) is 7.11 Å². The lowest BCUT2D eigenvalue weighted by atomic mass is 10.0. The summed E-state index contributed by atoms with van der Waals surface area (Å²) in [5.74, 6) is -0.387. The Kier molecular flexibility index (Phi) is 3.24. The minimum Gasteiger partial charge on any atom is -0.473 e. The van der Waals surface area contributed by atoms with Gasteiger partial charge in [-0.25, -0.2) is 9.79 Å². The average Bonchev–Trinajstić information content (AvgIpc) is 2.78. The number of esters is 1. The van der Waals surface area contributed by atoms with Crippen molar-refractivity contribution in [3.05, 3.63) is 34.3 Å². The quantitative estimate of drug-likeness (QED) is 0.781. The Balaban J connectivity index is 2.21. The molecule has 0 aliphatic carbocycles. The van der Waals surface area contributed by atoms with Gasteiger partial charge in [-0.2, -0.15) is 0 Å². The molecule has 0 saturated carbocycles. The van der Waals surface area contributed by atoms with E-state index in [2.05, 4.69) is 25.7 Å². The van der Waals surface area contributed by atoms with E-state index in [9.17, 15) is 4.79 Å². The minimum atomic E-state index is -0.605. The maximum atomic E-state index is 11.4. The number of halogens is 1. The molecule has 0 amide bonds. The van der Waals surface area contributed by atoms with Gasteiger partial charge in [0.2, 0.25) is 0 Å². The largest absolute Gasteiger partial charge is 0.473 e. The molecular formula is C11H10BrNO3. The number of carbonyl (C=O) groups excluding carboxylic acids is 1. The first-order chi connectivity index (χ1) is 7.72. The third-order valence-electron chi connectivity index (χ3n) is 2.36. The van der Waals surface area contributed by atoms with Gasteiger partial charge in [0.1, 0.15) is 0 Å². The van der Waals surface area contributed by atoms with Gasteiger partial charge in [0.25, 0.3) is 0 Å². The maximum absolute atomic E-state index is 11.4. The third kappa shape index (κ3) is 2.09. The Bertz CT molecular complexity index is 416. The second-order valence-corrected chi connectivity index (χ2v) is 4.25. The van der Waals surface area contributed by atoms with E-state index in [4.69, 9.17) is 4.74 Å². The number of hydrogen-bond acceptors (Lipinski definition) is 4. The van der Waals surface area contributed by atoms with Gasteiger partial charge >= 0.3 is 5.97 Å². The highest BCUT2D eigenvalue weighted by atomic mass is 79.9. The average molecular weight is 284 g/mol. The molecule has 0 radical (unpaired) electrons. The number of ether oxygens (including phenoxy) is 2. The molecule has 1 heterocycles. The predicted molar refractivity (Wildman–Crippen MR) is 62.3 cm³/mol. The minimum absolute atomic E-state index is 0.387. The van der Waals surface area contributed by atoms with Crippen molar-refractivity contribution in [1.82, 2.24) is 0 Å². The lowest BCUT2D eigenvalue weighted by Crippen LogP contribution is -2.25. The van der Waals surface area contributed by atoms with Crippen LogP contribution in [0.5, 0.6) is 0 Å². The van der Waals surface area contributed by atoms with Crippen LogP contribution in [0.15, 0.2) is 33.7 Å². The van der Waals surface area contributed by atoms with E-state index in [0.29, 0.717) is 0 Å². The van der Waals surface area contributed by atoms with Gasteiger partial charge in [0.15, 0.2) is 18.5 Å². The standard InChI is InChI=1S/C11H10BrNO3/c1-15-11(14)9-10(16-6-13-9)7-2-4-8(12)5-3-7/h2-6,9-10H,1H3/t9-,10+/m1/s1. The molecule has 0 spiro atoms. The Morgan fingerprint density at radius 3 is 2.75 bits per heavy atom. The van der Waals surface area contributed by atoms with Crippen molar-refractivity contribution in [1.29, 1.82) is 0 Å². The fourth-order valence-electron chi connectivity index (χ4n) is 1.54. The van der Waals surface area contributed by atoms with E-state index in [1.807, 2.05) is 24.3 Å². The summed E-state index contributed by atoms with van der Waals surface area (Å²) in [5.41, 5.74) is 0.899. The van der Waals surface area contributed by atoms with Gasteiger partial charge in [-0.15, -0.1) is 0 Å². The molecule has 0 aromatic heterocycles. The van der Waals surface area contributed by atoms with Crippen molar-refractivity contribution in [2.24, 2.45) is 4.99 Å². The molecule has 2 atom stereocenters. The first kappa shape index (κ1) is 11.1. The molecule has 1 aliphatic rings. The third-order valence-corrected chi connectivity index (χ3v) is 2.89. The summed E-state index contributed by atoms with van der Waals surface area (Å²) in [4.78, 5) is 15.4. The van der Waals surface area contributed by atoms with E-state index in [0.717, 1.165) is 10.0 Å².